The van der Waals surface area contributed by atoms with Crippen LogP contribution in [0.5, 0.6) is 0 Å². The van der Waals surface area contributed by atoms with Crippen LogP contribution in [0.25, 0.3) is 0 Å². The number of aliphatic carboxylic acids is 1. The molecule has 2 rings (SSSR count). The molecule has 0 aromatic rings. The number of rotatable bonds is 4. The highest BCUT2D eigenvalue weighted by atomic mass is 16.5. The van der Waals surface area contributed by atoms with Crippen molar-refractivity contribution in [2.45, 2.75) is 31.8 Å². The second kappa shape index (κ2) is 6.09. The third kappa shape index (κ3) is 3.39. The summed E-state index contributed by atoms with van der Waals surface area (Å²) in [5, 5.41) is 20.5. The van der Waals surface area contributed by atoms with Gasteiger partial charge in [0.05, 0.1) is 25.6 Å². The number of morpholine rings is 1. The normalized spacial score (nSPS) is 24.4. The molecule has 7 nitrogen and oxygen atoms in total. The summed E-state index contributed by atoms with van der Waals surface area (Å²) < 4.78 is 5.18. The first-order valence-corrected chi connectivity index (χ1v) is 6.80. The van der Waals surface area contributed by atoms with Crippen LogP contribution in [0.3, 0.4) is 0 Å². The summed E-state index contributed by atoms with van der Waals surface area (Å²) >= 11 is 0. The fraction of sp³-hybridized carbons (Fsp3) is 0.769. The Morgan fingerprint density at radius 2 is 2.25 bits per heavy atom. The number of urea groups is 1. The van der Waals surface area contributed by atoms with E-state index < -0.39 is 12.1 Å². The molecule has 1 aliphatic heterocycles. The van der Waals surface area contributed by atoms with Gasteiger partial charge in [-0.3, -0.25) is 4.79 Å². The molecule has 2 aliphatic rings. The van der Waals surface area contributed by atoms with Gasteiger partial charge in [0.15, 0.2) is 6.10 Å². The maximum absolute atomic E-state index is 12.0. The van der Waals surface area contributed by atoms with Gasteiger partial charge in [0, 0.05) is 13.1 Å². The fourth-order valence-electron chi connectivity index (χ4n) is 2.70. The number of hydrogen-bond acceptors (Lipinski definition) is 4. The lowest BCUT2D eigenvalue weighted by atomic mass is 9.66. The minimum absolute atomic E-state index is 0.0945. The molecule has 2 amide bonds. The molecule has 0 spiro atoms. The lowest BCUT2D eigenvalue weighted by Crippen LogP contribution is -2.52. The molecule has 2 N–H and O–H groups in total. The lowest BCUT2D eigenvalue weighted by molar-refractivity contribution is -0.141. The predicted octanol–water partition coefficient (Wildman–Crippen LogP) is 0.565. The number of hydrogen-bond donors (Lipinski definition) is 2. The zero-order valence-electron chi connectivity index (χ0n) is 11.3. The highest BCUT2D eigenvalue weighted by Crippen LogP contribution is 2.43. The largest absolute Gasteiger partial charge is 0.481 e. The van der Waals surface area contributed by atoms with E-state index in [2.05, 4.69) is 5.32 Å². The molecule has 20 heavy (non-hydrogen) atoms. The van der Waals surface area contributed by atoms with E-state index in [0.29, 0.717) is 19.7 Å². The molecule has 1 atom stereocenters. The maximum atomic E-state index is 12.0. The summed E-state index contributed by atoms with van der Waals surface area (Å²) in [6, 6.07) is 1.74. The number of ether oxygens (including phenoxy) is 1. The number of amides is 2. The first-order valence-electron chi connectivity index (χ1n) is 6.80. The number of carbonyl (C=O) groups excluding carboxylic acids is 1. The fourth-order valence-corrected chi connectivity index (χ4v) is 2.70. The Balaban J connectivity index is 1.82. The van der Waals surface area contributed by atoms with Gasteiger partial charge in [-0.25, -0.2) is 4.79 Å². The van der Waals surface area contributed by atoms with Crippen molar-refractivity contribution in [3.8, 4) is 6.07 Å². The van der Waals surface area contributed by atoms with Crippen LogP contribution < -0.4 is 5.32 Å². The summed E-state index contributed by atoms with van der Waals surface area (Å²) in [6.45, 7) is 1.45. The number of nitrogens with zero attached hydrogens (tertiary/aromatic N) is 2. The quantitative estimate of drug-likeness (QED) is 0.784. The molecule has 110 valence electrons. The van der Waals surface area contributed by atoms with E-state index in [1.54, 1.807) is 4.90 Å². The Kier molecular flexibility index (Phi) is 4.45. The molecule has 7 heteroatoms. The molecule has 2 fully saturated rings. The van der Waals surface area contributed by atoms with Gasteiger partial charge < -0.3 is 20.1 Å². The van der Waals surface area contributed by atoms with Crippen LogP contribution in [-0.4, -0.2) is 54.4 Å². The number of carbonyl (C=O) groups is 2. The van der Waals surface area contributed by atoms with Crippen LogP contribution in [0, 0.1) is 16.7 Å². The molecule has 0 aromatic heterocycles. The Labute approximate surface area is 117 Å². The topological polar surface area (TPSA) is 103 Å². The Hall–Kier alpha value is -1.81. The lowest BCUT2D eigenvalue weighted by Gasteiger charge is -2.41. The van der Waals surface area contributed by atoms with Crippen LogP contribution >= 0.6 is 0 Å². The van der Waals surface area contributed by atoms with Gasteiger partial charge in [-0.1, -0.05) is 6.42 Å². The Bertz CT molecular complexity index is 428. The smallest absolute Gasteiger partial charge is 0.317 e. The minimum atomic E-state index is -0.824. The van der Waals surface area contributed by atoms with Crippen molar-refractivity contribution in [2.24, 2.45) is 5.41 Å². The number of carboxylic acids is 1. The molecule has 1 saturated carbocycles. The summed E-state index contributed by atoms with van der Waals surface area (Å²) in [7, 11) is 0. The van der Waals surface area contributed by atoms with E-state index in [-0.39, 0.29) is 24.4 Å². The van der Waals surface area contributed by atoms with Crippen LogP contribution in [0.2, 0.25) is 0 Å². The monoisotopic (exact) mass is 281 g/mol. The van der Waals surface area contributed by atoms with Gasteiger partial charge in [0.1, 0.15) is 0 Å². The van der Waals surface area contributed by atoms with Crippen molar-refractivity contribution in [1.82, 2.24) is 10.2 Å². The highest BCUT2D eigenvalue weighted by molar-refractivity contribution is 5.74. The number of nitrogens with one attached hydrogen (secondary N) is 1. The second-order valence-electron chi connectivity index (χ2n) is 5.52. The first-order chi connectivity index (χ1) is 9.54. The molecule has 0 bridgehead atoms. The molecular weight excluding hydrogens is 262 g/mol. The van der Waals surface area contributed by atoms with Crippen LogP contribution in [-0.2, 0) is 9.53 Å². The predicted molar refractivity (Wildman–Crippen MR) is 68.9 cm³/mol. The van der Waals surface area contributed by atoms with E-state index in [4.69, 9.17) is 15.1 Å². The van der Waals surface area contributed by atoms with Crippen molar-refractivity contribution >= 4 is 12.0 Å². The molecule has 0 radical (unpaired) electrons. The van der Waals surface area contributed by atoms with Gasteiger partial charge in [-0.2, -0.15) is 5.26 Å². The maximum Gasteiger partial charge on any atom is 0.317 e. The van der Waals surface area contributed by atoms with E-state index in [9.17, 15) is 9.59 Å². The molecule has 1 unspecified atom stereocenters. The Morgan fingerprint density at radius 3 is 2.80 bits per heavy atom. The molecular formula is C13H19N3O4. The molecule has 1 saturated heterocycles. The van der Waals surface area contributed by atoms with Crippen molar-refractivity contribution < 1.29 is 19.4 Å². The average Bonchev–Trinajstić information content (AvgIpc) is 2.41. The molecule has 1 heterocycles. The van der Waals surface area contributed by atoms with Gasteiger partial charge in [0.25, 0.3) is 0 Å². The van der Waals surface area contributed by atoms with E-state index in [1.165, 1.54) is 0 Å². The van der Waals surface area contributed by atoms with Crippen molar-refractivity contribution in [3.63, 3.8) is 0 Å². The first kappa shape index (κ1) is 14.6. The van der Waals surface area contributed by atoms with Crippen molar-refractivity contribution in [1.29, 1.82) is 5.26 Å². The van der Waals surface area contributed by atoms with Crippen LogP contribution in [0.4, 0.5) is 4.79 Å². The average molecular weight is 281 g/mol. The van der Waals surface area contributed by atoms with E-state index >= 15 is 0 Å². The third-order valence-electron chi connectivity index (χ3n) is 4.05. The van der Waals surface area contributed by atoms with Gasteiger partial charge in [0.2, 0.25) is 0 Å². The van der Waals surface area contributed by atoms with E-state index in [0.717, 1.165) is 19.3 Å². The summed E-state index contributed by atoms with van der Waals surface area (Å²) in [5.41, 5.74) is -0.289. The van der Waals surface area contributed by atoms with Crippen LogP contribution in [0.1, 0.15) is 25.7 Å². The van der Waals surface area contributed by atoms with Gasteiger partial charge >= 0.3 is 12.0 Å². The van der Waals surface area contributed by atoms with Crippen molar-refractivity contribution in [3.05, 3.63) is 0 Å². The SMILES string of the molecule is N#CC1CN(C(=O)NCC2(CC(=O)O)CCC2)CCO1. The minimum Gasteiger partial charge on any atom is -0.481 e. The number of carboxylic acid groups (broad SMARTS) is 1. The zero-order chi connectivity index (χ0) is 14.6. The summed E-state index contributed by atoms with van der Waals surface area (Å²) in [5.74, 6) is -0.824. The summed E-state index contributed by atoms with van der Waals surface area (Å²) in [6.07, 6.45) is 2.20. The molecule has 1 aliphatic carbocycles. The second-order valence-corrected chi connectivity index (χ2v) is 5.52. The van der Waals surface area contributed by atoms with Gasteiger partial charge in [-0.15, -0.1) is 0 Å². The highest BCUT2D eigenvalue weighted by Gasteiger charge is 2.39. The third-order valence-corrected chi connectivity index (χ3v) is 4.05. The van der Waals surface area contributed by atoms with Crippen LogP contribution in [0.15, 0.2) is 0 Å². The zero-order valence-corrected chi connectivity index (χ0v) is 11.3. The standard InChI is InChI=1S/C13H19N3O4/c14-7-10-8-16(4-5-20-10)12(19)15-9-13(2-1-3-13)6-11(17)18/h10H,1-6,8-9H2,(H,15,19)(H,17,18). The Morgan fingerprint density at radius 1 is 1.50 bits per heavy atom. The molecule has 0 aromatic carbocycles. The van der Waals surface area contributed by atoms with Gasteiger partial charge in [-0.05, 0) is 18.3 Å². The number of nitriles is 1. The van der Waals surface area contributed by atoms with E-state index in [1.807, 2.05) is 6.07 Å². The summed E-state index contributed by atoms with van der Waals surface area (Å²) in [4.78, 5) is 24.4. The van der Waals surface area contributed by atoms with Crippen molar-refractivity contribution in [2.75, 3.05) is 26.2 Å².